The molecular formula is C28H28N2O5S2. The van der Waals surface area contributed by atoms with Gasteiger partial charge in [-0.3, -0.25) is 0 Å². The molecule has 1 fully saturated rings. The summed E-state index contributed by atoms with van der Waals surface area (Å²) in [6.45, 7) is 5.41. The smallest absolute Gasteiger partial charge is 0.338 e. The van der Waals surface area contributed by atoms with Gasteiger partial charge in [-0.15, -0.1) is 11.3 Å². The third kappa shape index (κ3) is 5.39. The Balaban J connectivity index is 1.30. The lowest BCUT2D eigenvalue weighted by Gasteiger charge is -2.29. The monoisotopic (exact) mass is 536 g/mol. The van der Waals surface area contributed by atoms with Crippen molar-refractivity contribution < 1.29 is 22.4 Å². The van der Waals surface area contributed by atoms with Crippen LogP contribution in [0.5, 0.6) is 0 Å². The first-order valence-electron chi connectivity index (χ1n) is 12.3. The number of carbonyl (C=O) groups excluding carboxylic acids is 1. The molecule has 192 valence electrons. The number of piperidine rings is 1. The van der Waals surface area contributed by atoms with Gasteiger partial charge in [0, 0.05) is 29.6 Å². The third-order valence-electron chi connectivity index (χ3n) is 6.53. The van der Waals surface area contributed by atoms with Gasteiger partial charge in [0.15, 0.2) is 10.8 Å². The molecule has 1 saturated heterocycles. The first-order chi connectivity index (χ1) is 17.8. The van der Waals surface area contributed by atoms with Gasteiger partial charge in [-0.25, -0.2) is 18.2 Å². The Bertz CT molecular complexity index is 1480. The number of benzene rings is 2. The highest BCUT2D eigenvalue weighted by Gasteiger charge is 2.28. The van der Waals surface area contributed by atoms with Crippen LogP contribution in [-0.4, -0.2) is 43.4 Å². The second kappa shape index (κ2) is 10.6. The van der Waals surface area contributed by atoms with E-state index in [0.717, 1.165) is 34.7 Å². The molecule has 0 bridgehead atoms. The van der Waals surface area contributed by atoms with Crippen molar-refractivity contribution in [2.45, 2.75) is 31.6 Å². The molecule has 7 nitrogen and oxygen atoms in total. The zero-order valence-corrected chi connectivity index (χ0v) is 22.3. The van der Waals surface area contributed by atoms with E-state index in [1.807, 2.05) is 29.6 Å². The van der Waals surface area contributed by atoms with Crippen LogP contribution in [0.4, 0.5) is 0 Å². The maximum absolute atomic E-state index is 13.0. The fraction of sp³-hybridized carbons (Fsp3) is 0.286. The molecule has 37 heavy (non-hydrogen) atoms. The van der Waals surface area contributed by atoms with Gasteiger partial charge in [-0.1, -0.05) is 31.2 Å². The summed E-state index contributed by atoms with van der Waals surface area (Å²) in [5.74, 6) is 1.52. The van der Waals surface area contributed by atoms with Crippen molar-refractivity contribution in [2.24, 2.45) is 5.92 Å². The number of sulfonamides is 1. The van der Waals surface area contributed by atoms with Gasteiger partial charge in [0.25, 0.3) is 0 Å². The van der Waals surface area contributed by atoms with Crippen LogP contribution >= 0.6 is 11.3 Å². The molecule has 0 spiro atoms. The average molecular weight is 537 g/mol. The predicted molar refractivity (Wildman–Crippen MR) is 144 cm³/mol. The van der Waals surface area contributed by atoms with Crippen molar-refractivity contribution in [2.75, 3.05) is 19.7 Å². The lowest BCUT2D eigenvalue weighted by Crippen LogP contribution is -2.37. The number of nitrogens with zero attached hydrogens (tertiary/aromatic N) is 2. The van der Waals surface area contributed by atoms with Gasteiger partial charge in [-0.2, -0.15) is 4.31 Å². The molecule has 1 aliphatic rings. The minimum atomic E-state index is -3.48. The summed E-state index contributed by atoms with van der Waals surface area (Å²) in [5, 5.41) is 2.66. The predicted octanol–water partition coefficient (Wildman–Crippen LogP) is 6.33. The summed E-state index contributed by atoms with van der Waals surface area (Å²) in [7, 11) is -3.48. The molecular weight excluding hydrogens is 508 g/mol. The SMILES string of the molecule is CCOC(=O)c1ccc(-c2ccc(-c3nc(-c4ccc(S(=O)(=O)N5CCC(C)CC5)cc4)cs3)o2)cc1. The Morgan fingerprint density at radius 3 is 2.32 bits per heavy atom. The van der Waals surface area contributed by atoms with E-state index in [1.165, 1.54) is 11.3 Å². The van der Waals surface area contributed by atoms with E-state index in [1.54, 1.807) is 47.6 Å². The van der Waals surface area contributed by atoms with Crippen LogP contribution in [-0.2, 0) is 14.8 Å². The molecule has 0 radical (unpaired) electrons. The molecule has 2 aromatic carbocycles. The molecule has 0 amide bonds. The molecule has 0 aliphatic carbocycles. The Labute approximate surface area is 220 Å². The highest BCUT2D eigenvalue weighted by atomic mass is 32.2. The Morgan fingerprint density at radius 1 is 1.00 bits per heavy atom. The fourth-order valence-corrected chi connectivity index (χ4v) is 6.54. The highest BCUT2D eigenvalue weighted by Crippen LogP contribution is 2.33. The Kier molecular flexibility index (Phi) is 7.28. The largest absolute Gasteiger partial charge is 0.462 e. The number of furan rings is 1. The van der Waals surface area contributed by atoms with Gasteiger partial charge < -0.3 is 9.15 Å². The van der Waals surface area contributed by atoms with Gasteiger partial charge in [0.2, 0.25) is 10.0 Å². The third-order valence-corrected chi connectivity index (χ3v) is 9.30. The van der Waals surface area contributed by atoms with Crippen molar-refractivity contribution >= 4 is 27.3 Å². The van der Waals surface area contributed by atoms with Crippen molar-refractivity contribution in [1.82, 2.24) is 9.29 Å². The number of ether oxygens (including phenoxy) is 1. The van der Waals surface area contributed by atoms with Crippen LogP contribution in [0, 0.1) is 5.92 Å². The number of thiazole rings is 1. The number of rotatable bonds is 7. The summed E-state index contributed by atoms with van der Waals surface area (Å²) in [6.07, 6.45) is 1.79. The first-order valence-corrected chi connectivity index (χ1v) is 14.6. The maximum Gasteiger partial charge on any atom is 0.338 e. The van der Waals surface area contributed by atoms with Crippen molar-refractivity contribution in [3.63, 3.8) is 0 Å². The minimum Gasteiger partial charge on any atom is -0.462 e. The van der Waals surface area contributed by atoms with Crippen LogP contribution in [0.25, 0.3) is 33.3 Å². The van der Waals surface area contributed by atoms with Crippen LogP contribution < -0.4 is 0 Å². The molecule has 9 heteroatoms. The number of carbonyl (C=O) groups is 1. The summed E-state index contributed by atoms with van der Waals surface area (Å²) in [4.78, 5) is 16.9. The van der Waals surface area contributed by atoms with Crippen LogP contribution in [0.2, 0.25) is 0 Å². The van der Waals surface area contributed by atoms with Crippen molar-refractivity contribution in [3.05, 3.63) is 71.6 Å². The molecule has 0 unspecified atom stereocenters. The first kappa shape index (κ1) is 25.4. The van der Waals surface area contributed by atoms with Crippen molar-refractivity contribution in [1.29, 1.82) is 0 Å². The molecule has 5 rings (SSSR count). The van der Waals surface area contributed by atoms with E-state index in [2.05, 4.69) is 6.92 Å². The number of aromatic nitrogens is 1. The van der Waals surface area contributed by atoms with Gasteiger partial charge in [0.1, 0.15) is 5.76 Å². The number of hydrogen-bond donors (Lipinski definition) is 0. The van der Waals surface area contributed by atoms with E-state index in [4.69, 9.17) is 14.1 Å². The Morgan fingerprint density at radius 2 is 1.65 bits per heavy atom. The van der Waals surface area contributed by atoms with Gasteiger partial charge >= 0.3 is 5.97 Å². The molecule has 2 aromatic heterocycles. The summed E-state index contributed by atoms with van der Waals surface area (Å²) in [6, 6.07) is 17.7. The minimum absolute atomic E-state index is 0.311. The standard InChI is InChI=1S/C28H28N2O5S2/c1-3-34-28(31)22-6-4-21(5-7-22)25-12-13-26(35-25)27-29-24(18-36-27)20-8-10-23(11-9-20)37(32,33)30-16-14-19(2)15-17-30/h4-13,18-19H,3,14-17H2,1-2H3. The average Bonchev–Trinajstić information content (AvgIpc) is 3.60. The van der Waals surface area contributed by atoms with Crippen LogP contribution in [0.15, 0.2) is 75.4 Å². The lowest BCUT2D eigenvalue weighted by atomic mass is 10.0. The van der Waals surface area contributed by atoms with E-state index in [-0.39, 0.29) is 5.97 Å². The van der Waals surface area contributed by atoms with Gasteiger partial charge in [0.05, 0.1) is 22.8 Å². The second-order valence-electron chi connectivity index (χ2n) is 9.11. The van der Waals surface area contributed by atoms with E-state index in [0.29, 0.717) is 47.6 Å². The van der Waals surface area contributed by atoms with Gasteiger partial charge in [-0.05, 0) is 62.1 Å². The number of hydrogen-bond acceptors (Lipinski definition) is 7. The zero-order valence-electron chi connectivity index (χ0n) is 20.7. The molecule has 0 N–H and O–H groups in total. The maximum atomic E-state index is 13.0. The molecule has 3 heterocycles. The quantitative estimate of drug-likeness (QED) is 0.256. The Hall–Kier alpha value is -3.27. The van der Waals surface area contributed by atoms with E-state index >= 15 is 0 Å². The van der Waals surface area contributed by atoms with E-state index in [9.17, 15) is 13.2 Å². The number of esters is 1. The summed E-state index contributed by atoms with van der Waals surface area (Å²) in [5.41, 5.74) is 2.94. The zero-order chi connectivity index (χ0) is 26.0. The van der Waals surface area contributed by atoms with Crippen LogP contribution in [0.3, 0.4) is 0 Å². The highest BCUT2D eigenvalue weighted by molar-refractivity contribution is 7.89. The topological polar surface area (TPSA) is 89.7 Å². The molecule has 4 aromatic rings. The van der Waals surface area contributed by atoms with Crippen molar-refractivity contribution in [3.8, 4) is 33.3 Å². The summed E-state index contributed by atoms with van der Waals surface area (Å²) >= 11 is 1.46. The normalized spacial score (nSPS) is 15.1. The van der Waals surface area contributed by atoms with E-state index < -0.39 is 10.0 Å². The molecule has 1 aliphatic heterocycles. The lowest BCUT2D eigenvalue weighted by molar-refractivity contribution is 0.0526. The van der Waals surface area contributed by atoms with Crippen LogP contribution in [0.1, 0.15) is 37.0 Å². The molecule has 0 saturated carbocycles. The molecule has 0 atom stereocenters. The fourth-order valence-electron chi connectivity index (χ4n) is 4.28. The second-order valence-corrected chi connectivity index (χ2v) is 11.9. The summed E-state index contributed by atoms with van der Waals surface area (Å²) < 4.78 is 38.7.